The Morgan fingerprint density at radius 2 is 1.92 bits per heavy atom. The van der Waals surface area contributed by atoms with Crippen LogP contribution in [0, 0.1) is 0 Å². The molecule has 0 spiro atoms. The van der Waals surface area contributed by atoms with Gasteiger partial charge in [0.15, 0.2) is 0 Å². The van der Waals surface area contributed by atoms with Crippen molar-refractivity contribution >= 4 is 29.1 Å². The fourth-order valence-electron chi connectivity index (χ4n) is 5.67. The number of hydrogen-bond donors (Lipinski definition) is 1. The van der Waals surface area contributed by atoms with E-state index in [1.807, 2.05) is 47.5 Å². The Kier molecular flexibility index (Phi) is 8.02. The molecule has 2 aliphatic heterocycles. The minimum Gasteiger partial charge on any atom is -0.381 e. The third-order valence-corrected chi connectivity index (χ3v) is 8.33. The van der Waals surface area contributed by atoms with E-state index in [2.05, 4.69) is 29.3 Å². The van der Waals surface area contributed by atoms with Crippen molar-refractivity contribution in [3.05, 3.63) is 70.6 Å². The van der Waals surface area contributed by atoms with Crippen LogP contribution in [0.2, 0.25) is 5.02 Å². The average Bonchev–Trinajstić information content (AvgIpc) is 3.35. The number of nitrogens with zero attached hydrogens (tertiary/aromatic N) is 4. The molecule has 2 aromatic heterocycles. The molecule has 2 fully saturated rings. The monoisotopic (exact) mass is 537 g/mol. The molecule has 38 heavy (non-hydrogen) atoms. The Labute approximate surface area is 228 Å². The van der Waals surface area contributed by atoms with Crippen LogP contribution in [-0.2, 0) is 21.4 Å². The first kappa shape index (κ1) is 26.7. The summed E-state index contributed by atoms with van der Waals surface area (Å²) in [4.78, 5) is 35.3. The van der Waals surface area contributed by atoms with Gasteiger partial charge >= 0.3 is 0 Å². The van der Waals surface area contributed by atoms with Crippen LogP contribution in [0.5, 0.6) is 0 Å². The summed E-state index contributed by atoms with van der Waals surface area (Å²) in [5.74, 6) is -0.0917. The summed E-state index contributed by atoms with van der Waals surface area (Å²) in [6.45, 7) is 3.33. The quantitative estimate of drug-likeness (QED) is 0.498. The second-order valence-electron chi connectivity index (χ2n) is 10.7. The molecule has 1 atom stereocenters. The van der Waals surface area contributed by atoms with Gasteiger partial charge < -0.3 is 19.9 Å². The predicted molar refractivity (Wildman–Crippen MR) is 148 cm³/mol. The van der Waals surface area contributed by atoms with Crippen molar-refractivity contribution in [3.63, 3.8) is 0 Å². The maximum atomic E-state index is 13.4. The van der Waals surface area contributed by atoms with Gasteiger partial charge in [0.1, 0.15) is 11.3 Å². The van der Waals surface area contributed by atoms with E-state index >= 15 is 0 Å². The molecule has 0 saturated carbocycles. The number of benzene rings is 1. The molecule has 0 radical (unpaired) electrons. The summed E-state index contributed by atoms with van der Waals surface area (Å²) in [6, 6.07) is 13.8. The Balaban J connectivity index is 1.30. The van der Waals surface area contributed by atoms with E-state index in [1.54, 1.807) is 10.5 Å². The van der Waals surface area contributed by atoms with Crippen LogP contribution >= 0.6 is 11.6 Å². The van der Waals surface area contributed by atoms with E-state index in [0.29, 0.717) is 47.9 Å². The summed E-state index contributed by atoms with van der Waals surface area (Å²) in [7, 11) is 4.12. The largest absolute Gasteiger partial charge is 0.381 e. The summed E-state index contributed by atoms with van der Waals surface area (Å²) in [5.41, 5.74) is 2.77. The van der Waals surface area contributed by atoms with Crippen LogP contribution in [-0.4, -0.2) is 84.0 Å². The van der Waals surface area contributed by atoms with Gasteiger partial charge in [-0.05, 0) is 69.6 Å². The molecule has 8 nitrogen and oxygen atoms in total. The van der Waals surface area contributed by atoms with E-state index in [4.69, 9.17) is 16.3 Å². The zero-order valence-electron chi connectivity index (χ0n) is 22.2. The predicted octanol–water partition coefficient (Wildman–Crippen LogP) is 3.56. The van der Waals surface area contributed by atoms with Crippen molar-refractivity contribution in [1.29, 1.82) is 0 Å². The van der Waals surface area contributed by atoms with Crippen LogP contribution in [0.15, 0.2) is 48.7 Å². The number of ether oxygens (including phenoxy) is 1. The summed E-state index contributed by atoms with van der Waals surface area (Å²) < 4.78 is 7.42. The van der Waals surface area contributed by atoms with Crippen LogP contribution < -0.4 is 5.32 Å². The standard InChI is InChI=1S/C29H36ClN5O3/c1-33(2)24-5-4-14-34(19-24)27(36)17-23-18-35-25(6-3-7-26(35)32-23)28(37)31-20-29(12-15-38-16-13-29)21-8-10-22(30)11-9-21/h3,6-11,18,24H,4-5,12-17,19-20H2,1-2H3,(H,31,37). The lowest BCUT2D eigenvalue weighted by Gasteiger charge is -2.38. The highest BCUT2D eigenvalue weighted by atomic mass is 35.5. The molecule has 2 saturated heterocycles. The van der Waals surface area contributed by atoms with E-state index in [1.165, 1.54) is 0 Å². The van der Waals surface area contributed by atoms with Gasteiger partial charge in [0.2, 0.25) is 5.91 Å². The van der Waals surface area contributed by atoms with Gasteiger partial charge in [0.05, 0.1) is 12.1 Å². The molecule has 5 rings (SSSR count). The normalized spacial score (nSPS) is 19.6. The highest BCUT2D eigenvalue weighted by Gasteiger charge is 2.35. The number of nitrogens with one attached hydrogen (secondary N) is 1. The van der Waals surface area contributed by atoms with Gasteiger partial charge in [-0.25, -0.2) is 4.98 Å². The van der Waals surface area contributed by atoms with Crippen LogP contribution in [0.1, 0.15) is 47.4 Å². The van der Waals surface area contributed by atoms with Gasteiger partial charge in [0.25, 0.3) is 5.91 Å². The number of carbonyl (C=O) groups is 2. The molecule has 1 N–H and O–H groups in total. The van der Waals surface area contributed by atoms with Gasteiger partial charge in [-0.3, -0.25) is 14.0 Å². The number of imidazole rings is 1. The number of pyridine rings is 1. The number of carbonyl (C=O) groups excluding carboxylic acids is 2. The third-order valence-electron chi connectivity index (χ3n) is 8.08. The van der Waals surface area contributed by atoms with Crippen LogP contribution in [0.3, 0.4) is 0 Å². The molecule has 0 aliphatic carbocycles. The number of aromatic nitrogens is 2. The highest BCUT2D eigenvalue weighted by Crippen LogP contribution is 2.35. The van der Waals surface area contributed by atoms with Gasteiger partial charge in [-0.15, -0.1) is 0 Å². The van der Waals surface area contributed by atoms with E-state index in [0.717, 1.165) is 44.3 Å². The molecule has 1 aromatic carbocycles. The molecule has 9 heteroatoms. The maximum Gasteiger partial charge on any atom is 0.268 e. The lowest BCUT2D eigenvalue weighted by atomic mass is 9.74. The molecule has 202 valence electrons. The molecule has 0 bridgehead atoms. The fourth-order valence-corrected chi connectivity index (χ4v) is 5.80. The second kappa shape index (κ2) is 11.4. The van der Waals surface area contributed by atoms with Crippen molar-refractivity contribution in [3.8, 4) is 0 Å². The lowest BCUT2D eigenvalue weighted by molar-refractivity contribution is -0.132. The first-order valence-electron chi connectivity index (χ1n) is 13.4. The minimum atomic E-state index is -0.211. The fraction of sp³-hybridized carbons (Fsp3) is 0.483. The van der Waals surface area contributed by atoms with E-state index in [-0.39, 0.29) is 23.7 Å². The van der Waals surface area contributed by atoms with Gasteiger partial charge in [0, 0.05) is 55.5 Å². The Bertz CT molecular complexity index is 1280. The number of amides is 2. The van der Waals surface area contributed by atoms with Gasteiger partial charge in [-0.2, -0.15) is 0 Å². The third kappa shape index (κ3) is 5.72. The molecule has 4 heterocycles. The number of fused-ring (bicyclic) bond motifs is 1. The van der Waals surface area contributed by atoms with Crippen molar-refractivity contribution in [2.24, 2.45) is 0 Å². The number of likely N-dealkylation sites (tertiary alicyclic amines) is 1. The van der Waals surface area contributed by atoms with Crippen molar-refractivity contribution in [2.75, 3.05) is 46.9 Å². The summed E-state index contributed by atoms with van der Waals surface area (Å²) in [5, 5.41) is 3.87. The lowest BCUT2D eigenvalue weighted by Crippen LogP contribution is -2.47. The van der Waals surface area contributed by atoms with E-state index in [9.17, 15) is 9.59 Å². The smallest absolute Gasteiger partial charge is 0.268 e. The number of likely N-dealkylation sites (N-methyl/N-ethyl adjacent to an activating group) is 1. The molecule has 2 aliphatic rings. The molecule has 1 unspecified atom stereocenters. The number of piperidine rings is 1. The molecular formula is C29H36ClN5O3. The second-order valence-corrected chi connectivity index (χ2v) is 11.2. The van der Waals surface area contributed by atoms with Crippen molar-refractivity contribution in [1.82, 2.24) is 24.5 Å². The minimum absolute atomic E-state index is 0.0791. The summed E-state index contributed by atoms with van der Waals surface area (Å²) >= 11 is 6.13. The van der Waals surface area contributed by atoms with Crippen LogP contribution in [0.25, 0.3) is 5.65 Å². The molecule has 2 amide bonds. The topological polar surface area (TPSA) is 79.2 Å². The number of hydrogen-bond acceptors (Lipinski definition) is 5. The first-order valence-corrected chi connectivity index (χ1v) is 13.8. The SMILES string of the molecule is CN(C)C1CCCN(C(=O)Cc2cn3c(C(=O)NCC4(c5ccc(Cl)cc5)CCOCC4)cccc3n2)C1. The van der Waals surface area contributed by atoms with Crippen LogP contribution in [0.4, 0.5) is 0 Å². The Hall–Kier alpha value is -2.94. The Morgan fingerprint density at radius 1 is 1.16 bits per heavy atom. The van der Waals surface area contributed by atoms with Crippen molar-refractivity contribution < 1.29 is 14.3 Å². The highest BCUT2D eigenvalue weighted by molar-refractivity contribution is 6.30. The number of rotatable bonds is 7. The Morgan fingerprint density at radius 3 is 2.66 bits per heavy atom. The molecule has 3 aromatic rings. The summed E-state index contributed by atoms with van der Waals surface area (Å²) in [6.07, 6.45) is 5.80. The average molecular weight is 538 g/mol. The van der Waals surface area contributed by atoms with Gasteiger partial charge in [-0.1, -0.05) is 29.8 Å². The zero-order chi connectivity index (χ0) is 26.7. The maximum absolute atomic E-state index is 13.4. The number of halogens is 1. The molecular weight excluding hydrogens is 502 g/mol. The first-order chi connectivity index (χ1) is 18.3. The van der Waals surface area contributed by atoms with E-state index < -0.39 is 0 Å². The van der Waals surface area contributed by atoms with Crippen molar-refractivity contribution in [2.45, 2.75) is 43.6 Å². The zero-order valence-corrected chi connectivity index (χ0v) is 22.9.